The van der Waals surface area contributed by atoms with Gasteiger partial charge in [0, 0.05) is 11.4 Å². The third-order valence-corrected chi connectivity index (χ3v) is 6.51. The van der Waals surface area contributed by atoms with Crippen molar-refractivity contribution in [3.8, 4) is 0 Å². The van der Waals surface area contributed by atoms with Crippen molar-refractivity contribution in [2.45, 2.75) is 11.3 Å². The molecule has 0 atom stereocenters. The summed E-state index contributed by atoms with van der Waals surface area (Å²) in [5.41, 5.74) is 0.293. The number of hydrogen-bond acceptors (Lipinski definition) is 4. The van der Waals surface area contributed by atoms with E-state index in [0.717, 1.165) is 22.7 Å². The maximum atomic E-state index is 12.2. The third-order valence-electron chi connectivity index (χ3n) is 3.53. The molecular weight excluding hydrogens is 427 g/mol. The first-order valence-electron chi connectivity index (χ1n) is 8.14. The van der Waals surface area contributed by atoms with Crippen LogP contribution in [0.15, 0.2) is 53.4 Å². The molecular formula is C18H20Cl2N2O3S2. The van der Waals surface area contributed by atoms with Gasteiger partial charge in [0.2, 0.25) is 15.9 Å². The molecule has 0 unspecified atom stereocenters. The maximum absolute atomic E-state index is 12.2. The number of benzene rings is 2. The van der Waals surface area contributed by atoms with E-state index < -0.39 is 10.0 Å². The normalized spacial score (nSPS) is 11.2. The van der Waals surface area contributed by atoms with Crippen LogP contribution in [0.3, 0.4) is 0 Å². The van der Waals surface area contributed by atoms with Gasteiger partial charge in [0.25, 0.3) is 0 Å². The smallest absolute Gasteiger partial charge is 0.240 e. The maximum Gasteiger partial charge on any atom is 0.240 e. The standard InChI is InChI=1S/C18H20Cl2N2O3S2/c1-27(24,25)22(14-8-9-16(19)17(20)12-14)13-18(23)21-10-5-11-26-15-6-3-2-4-7-15/h2-4,6-9,12H,5,10-11,13H2,1H3,(H,21,23). The quantitative estimate of drug-likeness (QED) is 0.465. The second-order valence-electron chi connectivity index (χ2n) is 5.73. The van der Waals surface area contributed by atoms with E-state index in [-0.39, 0.29) is 17.5 Å². The Bertz CT molecular complexity index is 877. The van der Waals surface area contributed by atoms with Gasteiger partial charge in [-0.3, -0.25) is 9.10 Å². The average molecular weight is 447 g/mol. The Morgan fingerprint density at radius 3 is 2.44 bits per heavy atom. The number of nitrogens with one attached hydrogen (secondary N) is 1. The number of nitrogens with zero attached hydrogens (tertiary/aromatic N) is 1. The predicted molar refractivity (Wildman–Crippen MR) is 113 cm³/mol. The number of sulfonamides is 1. The largest absolute Gasteiger partial charge is 0.354 e. The molecule has 0 aliphatic heterocycles. The van der Waals surface area contributed by atoms with Gasteiger partial charge in [-0.1, -0.05) is 41.4 Å². The summed E-state index contributed by atoms with van der Waals surface area (Å²) in [5.74, 6) is 0.476. The highest BCUT2D eigenvalue weighted by molar-refractivity contribution is 7.99. The molecule has 9 heteroatoms. The lowest BCUT2D eigenvalue weighted by atomic mass is 10.3. The van der Waals surface area contributed by atoms with Crippen LogP contribution in [-0.4, -0.2) is 39.4 Å². The van der Waals surface area contributed by atoms with Crippen LogP contribution in [0, 0.1) is 0 Å². The number of carbonyl (C=O) groups is 1. The molecule has 27 heavy (non-hydrogen) atoms. The molecule has 1 N–H and O–H groups in total. The summed E-state index contributed by atoms with van der Waals surface area (Å²) >= 11 is 13.5. The number of rotatable bonds is 9. The highest BCUT2D eigenvalue weighted by atomic mass is 35.5. The van der Waals surface area contributed by atoms with E-state index in [0.29, 0.717) is 17.3 Å². The monoisotopic (exact) mass is 446 g/mol. The van der Waals surface area contributed by atoms with Crippen LogP contribution in [-0.2, 0) is 14.8 Å². The van der Waals surface area contributed by atoms with Crippen molar-refractivity contribution in [2.75, 3.05) is 29.4 Å². The van der Waals surface area contributed by atoms with Gasteiger partial charge in [-0.25, -0.2) is 8.42 Å². The molecule has 5 nitrogen and oxygen atoms in total. The molecule has 0 saturated heterocycles. The minimum absolute atomic E-state index is 0.223. The molecule has 1 amide bonds. The molecule has 0 heterocycles. The number of hydrogen-bond donors (Lipinski definition) is 1. The van der Waals surface area contributed by atoms with Gasteiger partial charge in [0.15, 0.2) is 0 Å². The molecule has 0 aromatic heterocycles. The molecule has 146 valence electrons. The number of amides is 1. The lowest BCUT2D eigenvalue weighted by Gasteiger charge is -2.22. The lowest BCUT2D eigenvalue weighted by Crippen LogP contribution is -2.40. The molecule has 2 aromatic rings. The van der Waals surface area contributed by atoms with Crippen molar-refractivity contribution in [3.63, 3.8) is 0 Å². The fourth-order valence-corrected chi connectivity index (χ4v) is 4.25. The van der Waals surface area contributed by atoms with Crippen molar-refractivity contribution in [1.29, 1.82) is 0 Å². The van der Waals surface area contributed by atoms with E-state index >= 15 is 0 Å². The Morgan fingerprint density at radius 1 is 1.11 bits per heavy atom. The Morgan fingerprint density at radius 2 is 1.81 bits per heavy atom. The van der Waals surface area contributed by atoms with Crippen LogP contribution in [0.25, 0.3) is 0 Å². The van der Waals surface area contributed by atoms with Crippen LogP contribution >= 0.6 is 35.0 Å². The van der Waals surface area contributed by atoms with Crippen LogP contribution < -0.4 is 9.62 Å². The van der Waals surface area contributed by atoms with E-state index in [4.69, 9.17) is 23.2 Å². The van der Waals surface area contributed by atoms with Crippen molar-refractivity contribution >= 4 is 56.6 Å². The predicted octanol–water partition coefficient (Wildman–Crippen LogP) is 4.06. The van der Waals surface area contributed by atoms with E-state index in [1.807, 2.05) is 30.3 Å². The summed E-state index contributed by atoms with van der Waals surface area (Å²) in [6, 6.07) is 14.4. The summed E-state index contributed by atoms with van der Waals surface area (Å²) < 4.78 is 25.1. The molecule has 0 radical (unpaired) electrons. The molecule has 0 bridgehead atoms. The summed E-state index contributed by atoms with van der Waals surface area (Å²) in [6.45, 7) is 0.153. The van der Waals surface area contributed by atoms with E-state index in [1.54, 1.807) is 11.8 Å². The first kappa shape index (κ1) is 21.9. The zero-order valence-corrected chi connectivity index (χ0v) is 17.8. The topological polar surface area (TPSA) is 66.5 Å². The van der Waals surface area contributed by atoms with Gasteiger partial charge in [-0.05, 0) is 42.5 Å². The first-order valence-corrected chi connectivity index (χ1v) is 11.7. The number of halogens is 2. The highest BCUT2D eigenvalue weighted by Crippen LogP contribution is 2.28. The fourth-order valence-electron chi connectivity index (χ4n) is 2.23. The third kappa shape index (κ3) is 7.25. The molecule has 0 fully saturated rings. The Kier molecular flexibility index (Phi) is 8.28. The number of anilines is 1. The van der Waals surface area contributed by atoms with Crippen molar-refractivity contribution in [1.82, 2.24) is 5.32 Å². The van der Waals surface area contributed by atoms with E-state index in [1.165, 1.54) is 23.1 Å². The lowest BCUT2D eigenvalue weighted by molar-refractivity contribution is -0.119. The van der Waals surface area contributed by atoms with Gasteiger partial charge in [0.05, 0.1) is 22.0 Å². The summed E-state index contributed by atoms with van der Waals surface area (Å²) in [5, 5.41) is 3.29. The number of carbonyl (C=O) groups excluding carboxylic acids is 1. The SMILES string of the molecule is CS(=O)(=O)N(CC(=O)NCCCSc1ccccc1)c1ccc(Cl)c(Cl)c1. The van der Waals surface area contributed by atoms with Crippen molar-refractivity contribution in [2.24, 2.45) is 0 Å². The van der Waals surface area contributed by atoms with E-state index in [2.05, 4.69) is 5.32 Å². The van der Waals surface area contributed by atoms with Gasteiger partial charge in [-0.15, -0.1) is 11.8 Å². The molecule has 0 saturated carbocycles. The zero-order chi connectivity index (χ0) is 19.9. The molecule has 0 aliphatic rings. The minimum Gasteiger partial charge on any atom is -0.354 e. The summed E-state index contributed by atoms with van der Waals surface area (Å²) in [7, 11) is -3.65. The fraction of sp³-hybridized carbons (Fsp3) is 0.278. The van der Waals surface area contributed by atoms with Gasteiger partial charge in [0.1, 0.15) is 6.54 Å². The average Bonchev–Trinajstić information content (AvgIpc) is 2.62. The van der Waals surface area contributed by atoms with Gasteiger partial charge < -0.3 is 5.32 Å². The molecule has 2 aromatic carbocycles. The minimum atomic E-state index is -3.65. The molecule has 0 aliphatic carbocycles. The first-order chi connectivity index (χ1) is 12.8. The zero-order valence-electron chi connectivity index (χ0n) is 14.7. The van der Waals surface area contributed by atoms with Crippen molar-refractivity contribution < 1.29 is 13.2 Å². The molecule has 0 spiro atoms. The van der Waals surface area contributed by atoms with Crippen LogP contribution in [0.1, 0.15) is 6.42 Å². The number of thioether (sulfide) groups is 1. The Balaban J connectivity index is 1.86. The molecule has 2 rings (SSSR count). The second-order valence-corrected chi connectivity index (χ2v) is 9.62. The van der Waals surface area contributed by atoms with Crippen LogP contribution in [0.2, 0.25) is 10.0 Å². The summed E-state index contributed by atoms with van der Waals surface area (Å²) in [6.07, 6.45) is 1.82. The Labute approximate surface area is 174 Å². The highest BCUT2D eigenvalue weighted by Gasteiger charge is 2.21. The van der Waals surface area contributed by atoms with Gasteiger partial charge in [-0.2, -0.15) is 0 Å². The van der Waals surface area contributed by atoms with Crippen molar-refractivity contribution in [3.05, 3.63) is 58.6 Å². The van der Waals surface area contributed by atoms with Crippen LogP contribution in [0.4, 0.5) is 5.69 Å². The summed E-state index contributed by atoms with van der Waals surface area (Å²) in [4.78, 5) is 13.3. The van der Waals surface area contributed by atoms with Gasteiger partial charge >= 0.3 is 0 Å². The Hall–Kier alpha value is -1.41. The second kappa shape index (κ2) is 10.2. The van der Waals surface area contributed by atoms with Crippen LogP contribution in [0.5, 0.6) is 0 Å². The van der Waals surface area contributed by atoms with E-state index in [9.17, 15) is 13.2 Å².